The number of amides is 1. The van der Waals surface area contributed by atoms with Gasteiger partial charge < -0.3 is 4.74 Å². The van der Waals surface area contributed by atoms with Crippen molar-refractivity contribution in [3.63, 3.8) is 0 Å². The minimum absolute atomic E-state index is 0.409. The van der Waals surface area contributed by atoms with E-state index in [4.69, 9.17) is 10.00 Å². The average Bonchev–Trinajstić information content (AvgIpc) is 2.46. The fourth-order valence-electron chi connectivity index (χ4n) is 2.44. The predicted octanol–water partition coefficient (Wildman–Crippen LogP) is 3.05. The molecule has 1 saturated heterocycles. The maximum absolute atomic E-state index is 12.1. The standard InChI is InChI=1S/C15H18N2O2/c1-3-11-6-5-7-12(4-2)14(11)17-9-8-13(10-16)19-15(17)18/h5-7,13H,3-4,8-9H2,1-2H3. The molecule has 1 fully saturated rings. The lowest BCUT2D eigenvalue weighted by atomic mass is 10.0. The summed E-state index contributed by atoms with van der Waals surface area (Å²) in [6.07, 6.45) is 1.28. The molecule has 0 aliphatic carbocycles. The van der Waals surface area contributed by atoms with Gasteiger partial charge in [0.25, 0.3) is 0 Å². The first-order valence-electron chi connectivity index (χ1n) is 6.69. The van der Waals surface area contributed by atoms with Crippen LogP contribution in [0.2, 0.25) is 0 Å². The summed E-state index contributed by atoms with van der Waals surface area (Å²) < 4.78 is 5.13. The smallest absolute Gasteiger partial charge is 0.415 e. The number of carbonyl (C=O) groups is 1. The molecule has 1 aliphatic rings. The Hall–Kier alpha value is -2.02. The normalized spacial score (nSPS) is 18.9. The summed E-state index contributed by atoms with van der Waals surface area (Å²) in [4.78, 5) is 13.7. The number of hydrogen-bond donors (Lipinski definition) is 0. The second-order valence-corrected chi connectivity index (χ2v) is 4.57. The van der Waals surface area contributed by atoms with Crippen molar-refractivity contribution in [2.24, 2.45) is 0 Å². The molecule has 0 spiro atoms. The third-order valence-electron chi connectivity index (χ3n) is 3.46. The molecule has 1 aliphatic heterocycles. The molecule has 0 bridgehead atoms. The number of anilines is 1. The van der Waals surface area contributed by atoms with E-state index in [0.717, 1.165) is 29.7 Å². The van der Waals surface area contributed by atoms with Gasteiger partial charge in [-0.15, -0.1) is 0 Å². The number of hydrogen-bond acceptors (Lipinski definition) is 3. The lowest BCUT2D eigenvalue weighted by molar-refractivity contribution is 0.111. The van der Waals surface area contributed by atoms with Gasteiger partial charge in [-0.1, -0.05) is 32.0 Å². The zero-order chi connectivity index (χ0) is 13.8. The molecule has 4 heteroatoms. The summed E-state index contributed by atoms with van der Waals surface area (Å²) in [6.45, 7) is 4.69. The van der Waals surface area contributed by atoms with Gasteiger partial charge in [0.05, 0.1) is 5.69 Å². The Morgan fingerprint density at radius 2 is 2.00 bits per heavy atom. The topological polar surface area (TPSA) is 53.3 Å². The maximum atomic E-state index is 12.1. The fourth-order valence-corrected chi connectivity index (χ4v) is 2.44. The Kier molecular flexibility index (Phi) is 4.06. The Morgan fingerprint density at radius 3 is 2.47 bits per heavy atom. The molecular formula is C15H18N2O2. The number of aryl methyl sites for hydroxylation is 2. The van der Waals surface area contributed by atoms with Gasteiger partial charge in [-0.25, -0.2) is 4.79 Å². The fraction of sp³-hybridized carbons (Fsp3) is 0.467. The van der Waals surface area contributed by atoms with E-state index in [1.165, 1.54) is 0 Å². The minimum atomic E-state index is -0.609. The van der Waals surface area contributed by atoms with Gasteiger partial charge in [0.1, 0.15) is 6.07 Å². The number of nitriles is 1. The molecule has 19 heavy (non-hydrogen) atoms. The third-order valence-corrected chi connectivity index (χ3v) is 3.46. The molecule has 0 N–H and O–H groups in total. The van der Waals surface area contributed by atoms with Gasteiger partial charge in [0.15, 0.2) is 6.10 Å². The zero-order valence-electron chi connectivity index (χ0n) is 11.3. The molecule has 2 rings (SSSR count). The molecule has 1 heterocycles. The van der Waals surface area contributed by atoms with E-state index in [9.17, 15) is 4.79 Å². The molecule has 100 valence electrons. The second kappa shape index (κ2) is 5.75. The highest BCUT2D eigenvalue weighted by Crippen LogP contribution is 2.30. The molecule has 0 aromatic heterocycles. The Bertz CT molecular complexity index is 497. The van der Waals surface area contributed by atoms with Gasteiger partial charge >= 0.3 is 6.09 Å². The summed E-state index contributed by atoms with van der Waals surface area (Å²) in [6, 6.07) is 8.10. The van der Waals surface area contributed by atoms with Crippen molar-refractivity contribution in [2.45, 2.75) is 39.2 Å². The first kappa shape index (κ1) is 13.4. The molecule has 1 aromatic carbocycles. The molecule has 1 aromatic rings. The SMILES string of the molecule is CCc1cccc(CC)c1N1CCC(C#N)OC1=O. The van der Waals surface area contributed by atoms with E-state index in [0.29, 0.717) is 13.0 Å². The van der Waals surface area contributed by atoms with Crippen molar-refractivity contribution < 1.29 is 9.53 Å². The molecule has 1 atom stereocenters. The third kappa shape index (κ3) is 2.55. The number of nitrogens with zero attached hydrogens (tertiary/aromatic N) is 2. The number of benzene rings is 1. The van der Waals surface area contributed by atoms with Gasteiger partial charge in [0, 0.05) is 13.0 Å². The van der Waals surface area contributed by atoms with E-state index in [2.05, 4.69) is 13.8 Å². The molecule has 1 unspecified atom stereocenters. The molecule has 4 nitrogen and oxygen atoms in total. The number of para-hydroxylation sites is 1. The lowest BCUT2D eigenvalue weighted by Gasteiger charge is -2.31. The molecule has 1 amide bonds. The van der Waals surface area contributed by atoms with Crippen molar-refractivity contribution in [3.05, 3.63) is 29.3 Å². The highest BCUT2D eigenvalue weighted by molar-refractivity contribution is 5.90. The van der Waals surface area contributed by atoms with Crippen LogP contribution in [0.4, 0.5) is 10.5 Å². The van der Waals surface area contributed by atoms with Crippen molar-refractivity contribution in [3.8, 4) is 6.07 Å². The van der Waals surface area contributed by atoms with Crippen molar-refractivity contribution in [1.82, 2.24) is 0 Å². The highest BCUT2D eigenvalue weighted by Gasteiger charge is 2.30. The van der Waals surface area contributed by atoms with Crippen LogP contribution in [0.3, 0.4) is 0 Å². The largest absolute Gasteiger partial charge is 0.430 e. The van der Waals surface area contributed by atoms with Crippen molar-refractivity contribution in [1.29, 1.82) is 5.26 Å². The molecule has 0 radical (unpaired) electrons. The summed E-state index contributed by atoms with van der Waals surface area (Å²) >= 11 is 0. The monoisotopic (exact) mass is 258 g/mol. The van der Waals surface area contributed by atoms with Crippen molar-refractivity contribution in [2.75, 3.05) is 11.4 Å². The first-order chi connectivity index (χ1) is 9.21. The maximum Gasteiger partial charge on any atom is 0.415 e. The predicted molar refractivity (Wildman–Crippen MR) is 73.0 cm³/mol. The molecular weight excluding hydrogens is 240 g/mol. The van der Waals surface area contributed by atoms with E-state index in [1.54, 1.807) is 4.90 Å². The first-order valence-corrected chi connectivity index (χ1v) is 6.69. The van der Waals surface area contributed by atoms with Gasteiger partial charge in [0.2, 0.25) is 0 Å². The van der Waals surface area contributed by atoms with Crippen LogP contribution < -0.4 is 4.90 Å². The number of ether oxygens (including phenoxy) is 1. The van der Waals surface area contributed by atoms with E-state index in [-0.39, 0.29) is 0 Å². The van der Waals surface area contributed by atoms with E-state index in [1.807, 2.05) is 24.3 Å². The van der Waals surface area contributed by atoms with E-state index < -0.39 is 12.2 Å². The van der Waals surface area contributed by atoms with Crippen LogP contribution in [0.1, 0.15) is 31.4 Å². The summed E-state index contributed by atoms with van der Waals surface area (Å²) in [7, 11) is 0. The average molecular weight is 258 g/mol. The summed E-state index contributed by atoms with van der Waals surface area (Å²) in [5, 5.41) is 8.82. The van der Waals surface area contributed by atoms with Gasteiger partial charge in [-0.2, -0.15) is 5.26 Å². The number of rotatable bonds is 3. The van der Waals surface area contributed by atoms with Crippen LogP contribution in [0, 0.1) is 11.3 Å². The summed E-state index contributed by atoms with van der Waals surface area (Å²) in [5.74, 6) is 0. The van der Waals surface area contributed by atoms with Crippen LogP contribution in [-0.4, -0.2) is 18.7 Å². The van der Waals surface area contributed by atoms with Crippen molar-refractivity contribution >= 4 is 11.8 Å². The minimum Gasteiger partial charge on any atom is -0.430 e. The lowest BCUT2D eigenvalue weighted by Crippen LogP contribution is -2.42. The molecule has 0 saturated carbocycles. The van der Waals surface area contributed by atoms with E-state index >= 15 is 0 Å². The quantitative estimate of drug-likeness (QED) is 0.837. The van der Waals surface area contributed by atoms with Crippen LogP contribution in [0.15, 0.2) is 18.2 Å². The zero-order valence-corrected chi connectivity index (χ0v) is 11.3. The highest BCUT2D eigenvalue weighted by atomic mass is 16.6. The number of carbonyl (C=O) groups excluding carboxylic acids is 1. The van der Waals surface area contributed by atoms with Crippen LogP contribution in [0.5, 0.6) is 0 Å². The van der Waals surface area contributed by atoms with Gasteiger partial charge in [-0.05, 0) is 24.0 Å². The van der Waals surface area contributed by atoms with Crippen LogP contribution >= 0.6 is 0 Å². The van der Waals surface area contributed by atoms with Gasteiger partial charge in [-0.3, -0.25) is 4.90 Å². The summed E-state index contributed by atoms with van der Waals surface area (Å²) in [5.41, 5.74) is 3.26. The van der Waals surface area contributed by atoms with Crippen LogP contribution in [-0.2, 0) is 17.6 Å². The Labute approximate surface area is 113 Å². The Morgan fingerprint density at radius 1 is 1.37 bits per heavy atom. The number of cyclic esters (lactones) is 1. The van der Waals surface area contributed by atoms with Crippen LogP contribution in [0.25, 0.3) is 0 Å². The second-order valence-electron chi connectivity index (χ2n) is 4.57. The Balaban J connectivity index is 2.37.